The quantitative estimate of drug-likeness (QED) is 0.681. The van der Waals surface area contributed by atoms with Crippen LogP contribution in [0, 0.1) is 0 Å². The Kier molecular flexibility index (Phi) is 4.53. The third kappa shape index (κ3) is 3.44. The van der Waals surface area contributed by atoms with E-state index in [1.165, 1.54) is 12.8 Å². The Bertz CT molecular complexity index is 867. The van der Waals surface area contributed by atoms with Crippen LogP contribution in [-0.2, 0) is 6.54 Å². The minimum atomic E-state index is 0.635. The maximum atomic E-state index is 6.11. The van der Waals surface area contributed by atoms with E-state index >= 15 is 0 Å². The van der Waals surface area contributed by atoms with Gasteiger partial charge in [0.1, 0.15) is 11.5 Å². The number of hydrogen-bond acceptors (Lipinski definition) is 4. The van der Waals surface area contributed by atoms with Crippen LogP contribution >= 0.6 is 0 Å². The minimum Gasteiger partial charge on any atom is -0.496 e. The Balaban J connectivity index is 1.63. The normalized spacial score (nSPS) is 14.8. The molecular weight excluding hydrogens is 312 g/mol. The molecule has 0 N–H and O–H groups in total. The SMILES string of the molecule is COc1ccc(Oc2nccc3ccccc23)cc1CN1CCCC1. The fourth-order valence-corrected chi connectivity index (χ4v) is 3.41. The van der Waals surface area contributed by atoms with E-state index < -0.39 is 0 Å². The van der Waals surface area contributed by atoms with Gasteiger partial charge in [-0.1, -0.05) is 18.2 Å². The number of likely N-dealkylation sites (tertiary alicyclic amines) is 1. The predicted molar refractivity (Wildman–Crippen MR) is 99.3 cm³/mol. The van der Waals surface area contributed by atoms with E-state index in [9.17, 15) is 0 Å². The number of ether oxygens (including phenoxy) is 2. The Morgan fingerprint density at radius 3 is 2.72 bits per heavy atom. The molecule has 2 heterocycles. The molecule has 1 fully saturated rings. The average Bonchev–Trinajstić information content (AvgIpc) is 3.15. The molecule has 0 bridgehead atoms. The Morgan fingerprint density at radius 1 is 1.04 bits per heavy atom. The number of benzene rings is 2. The molecule has 0 unspecified atom stereocenters. The summed E-state index contributed by atoms with van der Waals surface area (Å²) in [7, 11) is 1.72. The molecule has 0 saturated carbocycles. The van der Waals surface area contributed by atoms with Crippen molar-refractivity contribution >= 4 is 10.8 Å². The summed E-state index contributed by atoms with van der Waals surface area (Å²) in [6.45, 7) is 3.20. The lowest BCUT2D eigenvalue weighted by molar-refractivity contribution is 0.320. The number of aromatic nitrogens is 1. The first kappa shape index (κ1) is 15.9. The maximum Gasteiger partial charge on any atom is 0.227 e. The van der Waals surface area contributed by atoms with Crippen molar-refractivity contribution in [3.63, 3.8) is 0 Å². The van der Waals surface area contributed by atoms with Gasteiger partial charge < -0.3 is 9.47 Å². The van der Waals surface area contributed by atoms with Crippen molar-refractivity contribution in [3.05, 3.63) is 60.3 Å². The zero-order valence-electron chi connectivity index (χ0n) is 14.4. The number of fused-ring (bicyclic) bond motifs is 1. The van der Waals surface area contributed by atoms with Crippen LogP contribution in [0.5, 0.6) is 17.4 Å². The number of pyridine rings is 1. The van der Waals surface area contributed by atoms with Gasteiger partial charge in [-0.05, 0) is 61.6 Å². The van der Waals surface area contributed by atoms with Crippen molar-refractivity contribution in [2.24, 2.45) is 0 Å². The molecule has 1 aliphatic heterocycles. The highest BCUT2D eigenvalue weighted by Crippen LogP contribution is 2.31. The van der Waals surface area contributed by atoms with Gasteiger partial charge >= 0.3 is 0 Å². The first-order chi connectivity index (χ1) is 12.3. The molecule has 25 heavy (non-hydrogen) atoms. The van der Waals surface area contributed by atoms with E-state index in [2.05, 4.69) is 22.0 Å². The average molecular weight is 334 g/mol. The summed E-state index contributed by atoms with van der Waals surface area (Å²) in [5.41, 5.74) is 1.15. The minimum absolute atomic E-state index is 0.635. The Morgan fingerprint density at radius 2 is 1.88 bits per heavy atom. The van der Waals surface area contributed by atoms with Crippen LogP contribution in [0.25, 0.3) is 10.8 Å². The predicted octanol–water partition coefficient (Wildman–Crippen LogP) is 4.63. The van der Waals surface area contributed by atoms with Crippen LogP contribution in [0.15, 0.2) is 54.7 Å². The fraction of sp³-hybridized carbons (Fsp3) is 0.286. The lowest BCUT2D eigenvalue weighted by atomic mass is 10.1. The fourth-order valence-electron chi connectivity index (χ4n) is 3.41. The number of methoxy groups -OCH3 is 1. The molecule has 0 radical (unpaired) electrons. The van der Waals surface area contributed by atoms with E-state index in [0.717, 1.165) is 47.5 Å². The topological polar surface area (TPSA) is 34.6 Å². The second kappa shape index (κ2) is 7.11. The Labute approximate surface area is 148 Å². The van der Waals surface area contributed by atoms with Crippen molar-refractivity contribution < 1.29 is 9.47 Å². The summed E-state index contributed by atoms with van der Waals surface area (Å²) in [6.07, 6.45) is 4.34. The lowest BCUT2D eigenvalue weighted by Gasteiger charge is -2.18. The number of rotatable bonds is 5. The van der Waals surface area contributed by atoms with Crippen molar-refractivity contribution in [2.45, 2.75) is 19.4 Å². The molecule has 2 aromatic carbocycles. The van der Waals surface area contributed by atoms with E-state index in [0.29, 0.717) is 5.88 Å². The molecule has 128 valence electrons. The summed E-state index contributed by atoms with van der Waals surface area (Å²) in [6, 6.07) is 16.1. The van der Waals surface area contributed by atoms with E-state index in [4.69, 9.17) is 9.47 Å². The van der Waals surface area contributed by atoms with Gasteiger partial charge in [-0.25, -0.2) is 4.98 Å². The van der Waals surface area contributed by atoms with Gasteiger partial charge in [-0.2, -0.15) is 0 Å². The van der Waals surface area contributed by atoms with Crippen molar-refractivity contribution in [1.82, 2.24) is 9.88 Å². The second-order valence-corrected chi connectivity index (χ2v) is 6.40. The number of hydrogen-bond donors (Lipinski definition) is 0. The van der Waals surface area contributed by atoms with Crippen LogP contribution in [0.1, 0.15) is 18.4 Å². The third-order valence-electron chi connectivity index (χ3n) is 4.70. The van der Waals surface area contributed by atoms with Gasteiger partial charge in [0.2, 0.25) is 5.88 Å². The molecule has 1 saturated heterocycles. The molecule has 1 aliphatic rings. The van der Waals surface area contributed by atoms with Crippen molar-refractivity contribution in [1.29, 1.82) is 0 Å². The Hall–Kier alpha value is -2.59. The van der Waals surface area contributed by atoms with Gasteiger partial charge in [-0.3, -0.25) is 4.90 Å². The van der Waals surface area contributed by atoms with Crippen molar-refractivity contribution in [3.8, 4) is 17.4 Å². The second-order valence-electron chi connectivity index (χ2n) is 6.40. The zero-order valence-corrected chi connectivity index (χ0v) is 14.4. The zero-order chi connectivity index (χ0) is 17.1. The van der Waals surface area contributed by atoms with Gasteiger partial charge in [0, 0.05) is 23.7 Å². The molecule has 0 atom stereocenters. The smallest absolute Gasteiger partial charge is 0.227 e. The van der Waals surface area contributed by atoms with Crippen LogP contribution in [-0.4, -0.2) is 30.1 Å². The molecule has 1 aromatic heterocycles. The molecular formula is C21H22N2O2. The van der Waals surface area contributed by atoms with E-state index in [1.54, 1.807) is 13.3 Å². The molecule has 4 rings (SSSR count). The summed E-state index contributed by atoms with van der Waals surface area (Å²) in [4.78, 5) is 6.87. The van der Waals surface area contributed by atoms with Crippen LogP contribution in [0.2, 0.25) is 0 Å². The first-order valence-electron chi connectivity index (χ1n) is 8.74. The largest absolute Gasteiger partial charge is 0.496 e. The van der Waals surface area contributed by atoms with Crippen LogP contribution in [0.4, 0.5) is 0 Å². The summed E-state index contributed by atoms with van der Waals surface area (Å²) in [5, 5.41) is 2.14. The molecule has 3 aromatic rings. The summed E-state index contributed by atoms with van der Waals surface area (Å²) in [5.74, 6) is 2.33. The highest BCUT2D eigenvalue weighted by molar-refractivity contribution is 5.86. The first-order valence-corrected chi connectivity index (χ1v) is 8.74. The standard InChI is InChI=1S/C21H22N2O2/c1-24-20-9-8-18(14-17(20)15-23-12-4-5-13-23)25-21-19-7-3-2-6-16(19)10-11-22-21/h2-3,6-11,14H,4-5,12-13,15H2,1H3. The van der Waals surface area contributed by atoms with Gasteiger partial charge in [0.05, 0.1) is 7.11 Å². The van der Waals surface area contributed by atoms with Crippen LogP contribution in [0.3, 0.4) is 0 Å². The lowest BCUT2D eigenvalue weighted by Crippen LogP contribution is -2.18. The highest BCUT2D eigenvalue weighted by atomic mass is 16.5. The monoisotopic (exact) mass is 334 g/mol. The molecule has 4 heteroatoms. The summed E-state index contributed by atoms with van der Waals surface area (Å²) < 4.78 is 11.6. The summed E-state index contributed by atoms with van der Waals surface area (Å²) >= 11 is 0. The van der Waals surface area contributed by atoms with Crippen molar-refractivity contribution in [2.75, 3.05) is 20.2 Å². The van der Waals surface area contributed by atoms with Gasteiger partial charge in [0.15, 0.2) is 0 Å². The van der Waals surface area contributed by atoms with E-state index in [-0.39, 0.29) is 0 Å². The third-order valence-corrected chi connectivity index (χ3v) is 4.70. The van der Waals surface area contributed by atoms with Gasteiger partial charge in [0.25, 0.3) is 0 Å². The van der Waals surface area contributed by atoms with Gasteiger partial charge in [-0.15, -0.1) is 0 Å². The highest BCUT2D eigenvalue weighted by Gasteiger charge is 2.15. The van der Waals surface area contributed by atoms with E-state index in [1.807, 2.05) is 36.4 Å². The molecule has 0 spiro atoms. The number of nitrogens with zero attached hydrogens (tertiary/aromatic N) is 2. The molecule has 4 nitrogen and oxygen atoms in total. The molecule has 0 aliphatic carbocycles. The molecule has 0 amide bonds. The van der Waals surface area contributed by atoms with Crippen LogP contribution < -0.4 is 9.47 Å². The maximum absolute atomic E-state index is 6.11.